The van der Waals surface area contributed by atoms with E-state index in [0.717, 1.165) is 0 Å². The largest absolute Gasteiger partial charge is 0.452 e. The molecule has 0 saturated carbocycles. The third kappa shape index (κ3) is 8.01. The van der Waals surface area contributed by atoms with Gasteiger partial charge in [0.25, 0.3) is 0 Å². The normalized spacial score (nSPS) is 24.7. The molecule has 1 aliphatic rings. The lowest BCUT2D eigenvalue weighted by Gasteiger charge is -2.35. The van der Waals surface area contributed by atoms with E-state index in [2.05, 4.69) is 64.1 Å². The molecule has 1 rings (SSSR count). The molecule has 7 nitrogen and oxygen atoms in total. The van der Waals surface area contributed by atoms with E-state index in [1.165, 1.54) is 7.11 Å². The van der Waals surface area contributed by atoms with Crippen molar-refractivity contribution in [1.29, 1.82) is 0 Å². The van der Waals surface area contributed by atoms with Crippen molar-refractivity contribution < 1.29 is 27.6 Å². The van der Waals surface area contributed by atoms with Gasteiger partial charge in [-0.25, -0.2) is 4.79 Å². The molecule has 0 aliphatic carbocycles. The highest BCUT2D eigenvalue weighted by atomic mass is 28.4. The van der Waals surface area contributed by atoms with Crippen LogP contribution in [-0.2, 0) is 27.6 Å². The molecule has 3 atom stereocenters. The molecule has 1 saturated heterocycles. The lowest BCUT2D eigenvalue weighted by Crippen LogP contribution is -2.51. The summed E-state index contributed by atoms with van der Waals surface area (Å²) in [6, 6.07) is 0. The summed E-state index contributed by atoms with van der Waals surface area (Å²) >= 11 is 0. The van der Waals surface area contributed by atoms with Gasteiger partial charge in [-0.2, -0.15) is 0 Å². The third-order valence-corrected chi connectivity index (χ3v) is 6.25. The lowest BCUT2D eigenvalue weighted by molar-refractivity contribution is -0.144. The van der Waals surface area contributed by atoms with Crippen molar-refractivity contribution in [3.63, 3.8) is 0 Å². The van der Waals surface area contributed by atoms with Crippen molar-refractivity contribution in [2.75, 3.05) is 13.7 Å². The minimum absolute atomic E-state index is 0.164. The van der Waals surface area contributed by atoms with Gasteiger partial charge < -0.3 is 22.9 Å². The number of nitrogens with zero attached hydrogens (tertiary/aromatic N) is 1. The molecule has 1 heterocycles. The van der Waals surface area contributed by atoms with E-state index in [-0.39, 0.29) is 5.71 Å². The lowest BCUT2D eigenvalue weighted by atomic mass is 10.1. The van der Waals surface area contributed by atoms with Crippen LogP contribution in [0.15, 0.2) is 5.16 Å². The number of cyclic esters (lactones) is 1. The second-order valence-electron chi connectivity index (χ2n) is 9.37. The molecular formula is C16H35NO6Si3. The highest BCUT2D eigenvalue weighted by molar-refractivity contribution is 6.70. The fourth-order valence-corrected chi connectivity index (χ4v) is 5.24. The Morgan fingerprint density at radius 1 is 1.00 bits per heavy atom. The van der Waals surface area contributed by atoms with Crippen molar-refractivity contribution in [2.24, 2.45) is 5.16 Å². The van der Waals surface area contributed by atoms with E-state index in [1.54, 1.807) is 0 Å². The molecule has 10 heteroatoms. The Kier molecular flexibility index (Phi) is 7.82. The van der Waals surface area contributed by atoms with Crippen molar-refractivity contribution in [1.82, 2.24) is 0 Å². The number of rotatable bonds is 9. The van der Waals surface area contributed by atoms with Crippen LogP contribution in [0.4, 0.5) is 0 Å². The SMILES string of the molecule is CO/N=C1\C(=O)O[C@@H]([C@H](CO[Si](C)(C)C)O[Si](C)(C)C)[C@H]1O[Si](C)(C)C. The molecule has 0 amide bonds. The van der Waals surface area contributed by atoms with Crippen molar-refractivity contribution >= 4 is 36.6 Å². The first-order valence-corrected chi connectivity index (χ1v) is 19.2. The minimum Gasteiger partial charge on any atom is -0.452 e. The number of carbonyl (C=O) groups is 1. The number of hydrogen-bond acceptors (Lipinski definition) is 7. The van der Waals surface area contributed by atoms with Crippen LogP contribution in [0.3, 0.4) is 0 Å². The average Bonchev–Trinajstić information content (AvgIpc) is 2.69. The Bertz CT molecular complexity index is 522. The Hall–Kier alpha value is -0.529. The number of oxime groups is 1. The maximum absolute atomic E-state index is 12.4. The van der Waals surface area contributed by atoms with Gasteiger partial charge in [-0.1, -0.05) is 5.16 Å². The van der Waals surface area contributed by atoms with E-state index in [0.29, 0.717) is 6.61 Å². The van der Waals surface area contributed by atoms with E-state index >= 15 is 0 Å². The fraction of sp³-hybridized carbons (Fsp3) is 0.875. The second kappa shape index (κ2) is 8.65. The van der Waals surface area contributed by atoms with Crippen LogP contribution in [-0.4, -0.2) is 68.7 Å². The zero-order valence-corrected chi connectivity index (χ0v) is 20.8. The molecule has 0 N–H and O–H groups in total. The van der Waals surface area contributed by atoms with Crippen LogP contribution in [0.2, 0.25) is 58.9 Å². The number of hydrogen-bond donors (Lipinski definition) is 0. The summed E-state index contributed by atoms with van der Waals surface area (Å²) in [7, 11) is -4.23. The quantitative estimate of drug-likeness (QED) is 0.323. The van der Waals surface area contributed by atoms with E-state index < -0.39 is 49.2 Å². The minimum atomic E-state index is -1.97. The highest BCUT2D eigenvalue weighted by Crippen LogP contribution is 2.27. The monoisotopic (exact) mass is 421 g/mol. The molecule has 1 aliphatic heterocycles. The molecule has 26 heavy (non-hydrogen) atoms. The number of esters is 1. The van der Waals surface area contributed by atoms with Crippen molar-refractivity contribution in [3.05, 3.63) is 0 Å². The van der Waals surface area contributed by atoms with Gasteiger partial charge in [0, 0.05) is 0 Å². The molecule has 0 radical (unpaired) electrons. The summed E-state index contributed by atoms with van der Waals surface area (Å²) in [5.41, 5.74) is 0.164. The fourth-order valence-electron chi connectivity index (χ4n) is 2.46. The second-order valence-corrected chi connectivity index (χ2v) is 22.8. The van der Waals surface area contributed by atoms with Crippen molar-refractivity contribution in [3.8, 4) is 0 Å². The first kappa shape index (κ1) is 23.5. The summed E-state index contributed by atoms with van der Waals surface area (Å²) in [5, 5.41) is 3.87. The van der Waals surface area contributed by atoms with Crippen LogP contribution in [0.25, 0.3) is 0 Å². The zero-order valence-electron chi connectivity index (χ0n) is 17.8. The average molecular weight is 422 g/mol. The maximum Gasteiger partial charge on any atom is 0.359 e. The van der Waals surface area contributed by atoms with Crippen LogP contribution in [0.1, 0.15) is 0 Å². The van der Waals surface area contributed by atoms with Gasteiger partial charge >= 0.3 is 5.97 Å². The van der Waals surface area contributed by atoms with Gasteiger partial charge in [0.2, 0.25) is 0 Å². The van der Waals surface area contributed by atoms with Crippen molar-refractivity contribution in [2.45, 2.75) is 77.2 Å². The topological polar surface area (TPSA) is 75.6 Å². The van der Waals surface area contributed by atoms with Gasteiger partial charge in [-0.3, -0.25) is 0 Å². The summed E-state index contributed by atoms with van der Waals surface area (Å²) in [5.74, 6) is -0.516. The van der Waals surface area contributed by atoms with E-state index in [4.69, 9.17) is 22.9 Å². The predicted molar refractivity (Wildman–Crippen MR) is 110 cm³/mol. The first-order valence-electron chi connectivity index (χ1n) is 8.94. The third-order valence-electron chi connectivity index (χ3n) is 3.24. The summed E-state index contributed by atoms with van der Waals surface area (Å²) < 4.78 is 24.3. The van der Waals surface area contributed by atoms with Gasteiger partial charge in [0.15, 0.2) is 36.8 Å². The molecule has 152 valence electrons. The standard InChI is InChI=1S/C16H35NO6Si3/c1-19-17-13-15(23-26(8,9)10)14(21-16(13)18)12(22-25(5,6)7)11-20-24(2,3)4/h12,14-15H,11H2,1-10H3/b17-13-/t12-,14-,15-/m0/s1. The zero-order chi connectivity index (χ0) is 20.3. The number of carbonyl (C=O) groups excluding carboxylic acids is 1. The van der Waals surface area contributed by atoms with Crippen LogP contribution < -0.4 is 0 Å². The molecule has 0 unspecified atom stereocenters. The Morgan fingerprint density at radius 2 is 1.58 bits per heavy atom. The van der Waals surface area contributed by atoms with Crippen LogP contribution in [0.5, 0.6) is 0 Å². The van der Waals surface area contributed by atoms with Gasteiger partial charge in [-0.05, 0) is 58.9 Å². The Balaban J connectivity index is 3.17. The molecule has 0 spiro atoms. The first-order chi connectivity index (χ1) is 11.6. The van der Waals surface area contributed by atoms with Crippen LogP contribution >= 0.6 is 0 Å². The van der Waals surface area contributed by atoms with Gasteiger partial charge in [-0.15, -0.1) is 0 Å². The van der Waals surface area contributed by atoms with Gasteiger partial charge in [0.1, 0.15) is 19.3 Å². The molecular weight excluding hydrogens is 386 g/mol. The molecule has 0 aromatic rings. The smallest absolute Gasteiger partial charge is 0.359 e. The Labute approximate surface area is 160 Å². The van der Waals surface area contributed by atoms with E-state index in [1.807, 2.05) is 0 Å². The molecule has 1 fully saturated rings. The summed E-state index contributed by atoms with van der Waals surface area (Å²) in [4.78, 5) is 17.2. The molecule has 0 aromatic heterocycles. The molecule has 0 aromatic carbocycles. The summed E-state index contributed by atoms with van der Waals surface area (Å²) in [6.45, 7) is 19.2. The highest BCUT2D eigenvalue weighted by Gasteiger charge is 2.50. The van der Waals surface area contributed by atoms with Crippen LogP contribution in [0, 0.1) is 0 Å². The molecule has 0 bridgehead atoms. The van der Waals surface area contributed by atoms with E-state index in [9.17, 15) is 4.79 Å². The maximum atomic E-state index is 12.4. The predicted octanol–water partition coefficient (Wildman–Crippen LogP) is 3.21. The van der Waals surface area contributed by atoms with Gasteiger partial charge in [0.05, 0.1) is 6.61 Å². The number of ether oxygens (including phenoxy) is 1. The summed E-state index contributed by atoms with van der Waals surface area (Å²) in [6.07, 6.45) is -1.60. The Morgan fingerprint density at radius 3 is 2.00 bits per heavy atom.